The third-order valence-corrected chi connectivity index (χ3v) is 6.90. The van der Waals surface area contributed by atoms with Crippen LogP contribution in [0.4, 0.5) is 0 Å². The first kappa shape index (κ1) is 28.3. The fourth-order valence-corrected chi connectivity index (χ4v) is 4.57. The highest BCUT2D eigenvalue weighted by Gasteiger charge is 2.35. The molecule has 1 aromatic rings. The van der Waals surface area contributed by atoms with Crippen LogP contribution in [0.5, 0.6) is 0 Å². The van der Waals surface area contributed by atoms with Gasteiger partial charge in [0, 0.05) is 13.1 Å². The van der Waals surface area contributed by atoms with Crippen molar-refractivity contribution in [3.05, 3.63) is 11.9 Å². The Morgan fingerprint density at radius 3 is 2.44 bits per heavy atom. The highest BCUT2D eigenvalue weighted by molar-refractivity contribution is 5.79. The Kier molecular flexibility index (Phi) is 12.6. The second-order valence-corrected chi connectivity index (χ2v) is 9.63. The smallest absolute Gasteiger partial charge is 0.228 e. The summed E-state index contributed by atoms with van der Waals surface area (Å²) < 4.78 is 8.20. The first-order valence-corrected chi connectivity index (χ1v) is 13.5. The molecule has 2 rings (SSSR count). The molecule has 34 heavy (non-hydrogen) atoms. The number of carbonyl (C=O) groups is 1. The van der Waals surface area contributed by atoms with Gasteiger partial charge in [-0.2, -0.15) is 0 Å². The first-order chi connectivity index (χ1) is 16.4. The number of unbranched alkanes of at least 4 members (excludes halogenated alkanes) is 2. The van der Waals surface area contributed by atoms with E-state index in [0.29, 0.717) is 0 Å². The molecule has 1 aromatic heterocycles. The third kappa shape index (κ3) is 8.70. The minimum absolute atomic E-state index is 0.00540. The fourth-order valence-electron chi connectivity index (χ4n) is 4.57. The van der Waals surface area contributed by atoms with Crippen LogP contribution >= 0.6 is 0 Å². The first-order valence-electron chi connectivity index (χ1n) is 13.5. The Bertz CT molecular complexity index is 771. The summed E-state index contributed by atoms with van der Waals surface area (Å²) in [5.74, 6) is 6.59. The maximum atomic E-state index is 12.7. The van der Waals surface area contributed by atoms with Crippen molar-refractivity contribution in [2.24, 2.45) is 5.92 Å². The van der Waals surface area contributed by atoms with Crippen LogP contribution in [-0.2, 0) is 9.53 Å². The average molecular weight is 474 g/mol. The Morgan fingerprint density at radius 1 is 1.15 bits per heavy atom. The van der Waals surface area contributed by atoms with Gasteiger partial charge in [0.1, 0.15) is 0 Å². The lowest BCUT2D eigenvalue weighted by atomic mass is 9.99. The molecule has 0 N–H and O–H groups in total. The van der Waals surface area contributed by atoms with E-state index in [2.05, 4.69) is 47.8 Å². The summed E-state index contributed by atoms with van der Waals surface area (Å²) >= 11 is 0. The topological polar surface area (TPSA) is 63.5 Å². The highest BCUT2D eigenvalue weighted by atomic mass is 16.5. The summed E-state index contributed by atoms with van der Waals surface area (Å²) in [5.41, 5.74) is 0.724. The zero-order valence-corrected chi connectivity index (χ0v) is 22.4. The van der Waals surface area contributed by atoms with E-state index in [4.69, 9.17) is 4.74 Å². The predicted molar refractivity (Wildman–Crippen MR) is 137 cm³/mol. The van der Waals surface area contributed by atoms with E-state index < -0.39 is 0 Å². The SMILES string of the molecule is CCCCN(CC#Cc1cn([C@H](C)C[C@@H]2CC[C@H]([C@@H](C)C(=O)N(CC)CC)O2)nn1)CCCC. The van der Waals surface area contributed by atoms with Gasteiger partial charge in [-0.3, -0.25) is 9.69 Å². The molecule has 7 heteroatoms. The molecule has 1 saturated heterocycles. The second-order valence-electron chi connectivity index (χ2n) is 9.63. The molecule has 0 radical (unpaired) electrons. The molecule has 0 unspecified atom stereocenters. The summed E-state index contributed by atoms with van der Waals surface area (Å²) in [6.07, 6.45) is 9.72. The van der Waals surface area contributed by atoms with Crippen LogP contribution in [0.3, 0.4) is 0 Å². The quantitative estimate of drug-likeness (QED) is 0.371. The monoisotopic (exact) mass is 473 g/mol. The average Bonchev–Trinajstić information content (AvgIpc) is 3.50. The third-order valence-electron chi connectivity index (χ3n) is 6.90. The van der Waals surface area contributed by atoms with Gasteiger partial charge in [-0.05, 0) is 71.9 Å². The van der Waals surface area contributed by atoms with Gasteiger partial charge >= 0.3 is 0 Å². The van der Waals surface area contributed by atoms with Crippen molar-refractivity contribution in [2.45, 2.75) is 105 Å². The standard InChI is InChI=1S/C27H47N5O2/c1-7-11-17-30(18-12-8-2)19-13-14-24-21-32(29-28-24)22(5)20-25-15-16-26(34-25)23(6)27(33)31(9-3)10-4/h21-23,25-26H,7-12,15-20H2,1-6H3/t22-,23-,25+,26-/m1/s1. The van der Waals surface area contributed by atoms with Gasteiger partial charge in [-0.15, -0.1) is 5.10 Å². The summed E-state index contributed by atoms with van der Waals surface area (Å²) in [6, 6.07) is 0.172. The number of nitrogens with zero attached hydrogens (tertiary/aromatic N) is 5. The molecule has 0 saturated carbocycles. The van der Waals surface area contributed by atoms with Crippen molar-refractivity contribution in [3.63, 3.8) is 0 Å². The molecule has 7 nitrogen and oxygen atoms in total. The molecule has 1 aliphatic rings. The number of rotatable bonds is 14. The Balaban J connectivity index is 1.85. The van der Waals surface area contributed by atoms with E-state index in [9.17, 15) is 4.79 Å². The molecule has 192 valence electrons. The molecule has 1 fully saturated rings. The van der Waals surface area contributed by atoms with E-state index in [1.165, 1.54) is 25.7 Å². The number of carbonyl (C=O) groups excluding carboxylic acids is 1. The van der Waals surface area contributed by atoms with Crippen molar-refractivity contribution in [1.82, 2.24) is 24.8 Å². The summed E-state index contributed by atoms with van der Waals surface area (Å²) in [6.45, 7) is 17.2. The van der Waals surface area contributed by atoms with Crippen LogP contribution in [0.15, 0.2) is 6.20 Å². The molecule has 0 aromatic carbocycles. The van der Waals surface area contributed by atoms with Gasteiger partial charge in [0.2, 0.25) is 5.91 Å². The lowest BCUT2D eigenvalue weighted by Crippen LogP contribution is -2.39. The summed E-state index contributed by atoms with van der Waals surface area (Å²) in [7, 11) is 0. The maximum Gasteiger partial charge on any atom is 0.228 e. The zero-order chi connectivity index (χ0) is 24.9. The van der Waals surface area contributed by atoms with Crippen molar-refractivity contribution < 1.29 is 9.53 Å². The van der Waals surface area contributed by atoms with Crippen molar-refractivity contribution >= 4 is 5.91 Å². The molecule has 1 amide bonds. The van der Waals surface area contributed by atoms with E-state index in [1.54, 1.807) is 0 Å². The van der Waals surface area contributed by atoms with Gasteiger partial charge in [-0.25, -0.2) is 4.68 Å². The van der Waals surface area contributed by atoms with Crippen molar-refractivity contribution in [3.8, 4) is 11.8 Å². The van der Waals surface area contributed by atoms with E-state index in [1.807, 2.05) is 36.5 Å². The number of aromatic nitrogens is 3. The van der Waals surface area contributed by atoms with E-state index in [-0.39, 0.29) is 30.1 Å². The molecule has 0 spiro atoms. The number of ether oxygens (including phenoxy) is 1. The summed E-state index contributed by atoms with van der Waals surface area (Å²) in [4.78, 5) is 17.0. The van der Waals surface area contributed by atoms with Gasteiger partial charge in [-0.1, -0.05) is 44.7 Å². The Hall–Kier alpha value is -1.91. The van der Waals surface area contributed by atoms with E-state index in [0.717, 1.165) is 57.7 Å². The van der Waals surface area contributed by atoms with Crippen LogP contribution < -0.4 is 0 Å². The van der Waals surface area contributed by atoms with Crippen LogP contribution in [0.1, 0.15) is 98.2 Å². The maximum absolute atomic E-state index is 12.7. The summed E-state index contributed by atoms with van der Waals surface area (Å²) in [5, 5.41) is 8.58. The minimum atomic E-state index is -0.0947. The Morgan fingerprint density at radius 2 is 1.82 bits per heavy atom. The van der Waals surface area contributed by atoms with Crippen molar-refractivity contribution in [1.29, 1.82) is 0 Å². The normalized spacial score (nSPS) is 19.6. The van der Waals surface area contributed by atoms with Gasteiger partial charge in [0.05, 0.1) is 36.9 Å². The number of amides is 1. The molecule has 0 aliphatic carbocycles. The fraction of sp³-hybridized carbons (Fsp3) is 0.815. The zero-order valence-electron chi connectivity index (χ0n) is 22.4. The second kappa shape index (κ2) is 15.2. The predicted octanol–water partition coefficient (Wildman–Crippen LogP) is 4.54. The lowest BCUT2D eigenvalue weighted by molar-refractivity contribution is -0.139. The molecule has 2 heterocycles. The molecule has 0 bridgehead atoms. The minimum Gasteiger partial charge on any atom is -0.374 e. The number of hydrogen-bond acceptors (Lipinski definition) is 5. The lowest BCUT2D eigenvalue weighted by Gasteiger charge is -2.26. The van der Waals surface area contributed by atoms with E-state index >= 15 is 0 Å². The highest BCUT2D eigenvalue weighted by Crippen LogP contribution is 2.31. The van der Waals surface area contributed by atoms with Crippen LogP contribution in [0.25, 0.3) is 0 Å². The van der Waals surface area contributed by atoms with Crippen LogP contribution in [-0.4, -0.2) is 75.6 Å². The van der Waals surface area contributed by atoms with Crippen LogP contribution in [0.2, 0.25) is 0 Å². The molecule has 1 aliphatic heterocycles. The molecular weight excluding hydrogens is 426 g/mol. The van der Waals surface area contributed by atoms with Gasteiger partial charge in [0.25, 0.3) is 0 Å². The molecule has 4 atom stereocenters. The Labute approximate surface area is 207 Å². The van der Waals surface area contributed by atoms with Gasteiger partial charge < -0.3 is 9.64 Å². The van der Waals surface area contributed by atoms with Crippen molar-refractivity contribution in [2.75, 3.05) is 32.7 Å². The van der Waals surface area contributed by atoms with Crippen LogP contribution in [0, 0.1) is 17.8 Å². The van der Waals surface area contributed by atoms with Gasteiger partial charge in [0.15, 0.2) is 5.69 Å². The number of hydrogen-bond donors (Lipinski definition) is 0. The molecular formula is C27H47N5O2. The largest absolute Gasteiger partial charge is 0.374 e.